The Bertz CT molecular complexity index is 949. The number of thiophene rings is 2. The summed E-state index contributed by atoms with van der Waals surface area (Å²) in [4.78, 5) is 24.8. The first-order chi connectivity index (χ1) is 10.3. The Balaban J connectivity index is 1.75. The average molecular weight is 314 g/mol. The van der Waals surface area contributed by atoms with Crippen LogP contribution in [0.1, 0.15) is 5.82 Å². The van der Waals surface area contributed by atoms with Crippen molar-refractivity contribution in [2.24, 2.45) is 0 Å². The molecule has 0 aliphatic heterocycles. The highest BCUT2D eigenvalue weighted by atomic mass is 32.1. The van der Waals surface area contributed by atoms with Gasteiger partial charge >= 0.3 is 0 Å². The fourth-order valence-electron chi connectivity index (χ4n) is 2.23. The zero-order valence-corrected chi connectivity index (χ0v) is 12.4. The van der Waals surface area contributed by atoms with Crippen LogP contribution in [-0.2, 0) is 6.54 Å². The molecule has 7 heteroatoms. The Hall–Kier alpha value is -2.25. The first kappa shape index (κ1) is 12.5. The lowest BCUT2D eigenvalue weighted by molar-refractivity contribution is 0.753. The van der Waals surface area contributed by atoms with Gasteiger partial charge in [0.05, 0.1) is 16.9 Å². The Morgan fingerprint density at radius 3 is 3.05 bits per heavy atom. The van der Waals surface area contributed by atoms with Crippen molar-refractivity contribution in [3.63, 3.8) is 0 Å². The molecular formula is C14H10N4OS2. The molecule has 0 aliphatic carbocycles. The Labute approximate surface area is 127 Å². The van der Waals surface area contributed by atoms with Crippen LogP contribution in [0.3, 0.4) is 0 Å². The smallest absolute Gasteiger partial charge is 0.268 e. The van der Waals surface area contributed by atoms with Crippen LogP contribution in [-0.4, -0.2) is 19.5 Å². The molecule has 0 atom stereocenters. The average Bonchev–Trinajstić information content (AvgIpc) is 3.19. The van der Waals surface area contributed by atoms with E-state index in [0.717, 1.165) is 16.2 Å². The summed E-state index contributed by atoms with van der Waals surface area (Å²) < 4.78 is 2.66. The molecule has 0 spiro atoms. The van der Waals surface area contributed by atoms with Crippen molar-refractivity contribution in [2.75, 3.05) is 0 Å². The first-order valence-corrected chi connectivity index (χ1v) is 8.08. The number of hydrogen-bond acceptors (Lipinski definition) is 5. The predicted octanol–water partition coefficient (Wildman–Crippen LogP) is 2.96. The van der Waals surface area contributed by atoms with Gasteiger partial charge in [-0.25, -0.2) is 9.97 Å². The molecule has 4 aromatic heterocycles. The van der Waals surface area contributed by atoms with E-state index < -0.39 is 0 Å². The third kappa shape index (κ3) is 2.20. The molecule has 4 heterocycles. The van der Waals surface area contributed by atoms with Crippen molar-refractivity contribution in [3.8, 4) is 10.7 Å². The molecule has 1 N–H and O–H groups in total. The van der Waals surface area contributed by atoms with Gasteiger partial charge in [-0.15, -0.1) is 22.7 Å². The van der Waals surface area contributed by atoms with Crippen molar-refractivity contribution >= 4 is 32.9 Å². The summed E-state index contributed by atoms with van der Waals surface area (Å²) in [6.45, 7) is 0.494. The molecule has 0 amide bonds. The summed E-state index contributed by atoms with van der Waals surface area (Å²) in [5, 5.41) is 3.90. The lowest BCUT2D eigenvalue weighted by Gasteiger charge is -2.06. The number of nitrogens with zero attached hydrogens (tertiary/aromatic N) is 3. The summed E-state index contributed by atoms with van der Waals surface area (Å²) in [7, 11) is 0. The van der Waals surface area contributed by atoms with Crippen molar-refractivity contribution in [2.45, 2.75) is 6.54 Å². The summed E-state index contributed by atoms with van der Waals surface area (Å²) in [5.41, 5.74) is 0.666. The fourth-order valence-corrected chi connectivity index (χ4v) is 3.69. The predicted molar refractivity (Wildman–Crippen MR) is 84.9 cm³/mol. The second-order valence-corrected chi connectivity index (χ2v) is 6.37. The van der Waals surface area contributed by atoms with E-state index in [1.165, 1.54) is 11.3 Å². The van der Waals surface area contributed by atoms with Crippen LogP contribution in [0.2, 0.25) is 0 Å². The second-order valence-electron chi connectivity index (χ2n) is 4.50. The van der Waals surface area contributed by atoms with E-state index in [9.17, 15) is 4.79 Å². The third-order valence-corrected chi connectivity index (χ3v) is 4.91. The molecule has 0 saturated heterocycles. The second kappa shape index (κ2) is 4.94. The van der Waals surface area contributed by atoms with Crippen molar-refractivity contribution < 1.29 is 0 Å². The van der Waals surface area contributed by atoms with Gasteiger partial charge < -0.3 is 9.55 Å². The topological polar surface area (TPSA) is 63.6 Å². The molecule has 0 bridgehead atoms. The van der Waals surface area contributed by atoms with Crippen LogP contribution in [0.5, 0.6) is 0 Å². The van der Waals surface area contributed by atoms with Gasteiger partial charge in [-0.3, -0.25) is 4.79 Å². The zero-order chi connectivity index (χ0) is 14.2. The normalized spacial score (nSPS) is 11.2. The van der Waals surface area contributed by atoms with Crippen LogP contribution in [0, 0.1) is 0 Å². The number of fused-ring (bicyclic) bond motifs is 1. The van der Waals surface area contributed by atoms with E-state index in [1.807, 2.05) is 39.7 Å². The Morgan fingerprint density at radius 2 is 2.19 bits per heavy atom. The van der Waals surface area contributed by atoms with Gasteiger partial charge in [-0.05, 0) is 22.9 Å². The molecule has 0 aromatic carbocycles. The van der Waals surface area contributed by atoms with Gasteiger partial charge in [-0.1, -0.05) is 6.07 Å². The number of aromatic nitrogens is 4. The number of H-pyrrole nitrogens is 1. The first-order valence-electron chi connectivity index (χ1n) is 6.33. The van der Waals surface area contributed by atoms with Crippen LogP contribution in [0.25, 0.3) is 20.9 Å². The number of nitrogens with one attached hydrogen (secondary N) is 1. The lowest BCUT2D eigenvalue weighted by atomic mass is 10.4. The SMILES string of the molecule is O=c1[nH]c(Cn2ccnc2-c2cccs2)nc2ccsc12. The van der Waals surface area contributed by atoms with Gasteiger partial charge in [0.1, 0.15) is 16.3 Å². The molecule has 0 fully saturated rings. The van der Waals surface area contributed by atoms with Gasteiger partial charge in [0.15, 0.2) is 0 Å². The summed E-state index contributed by atoms with van der Waals surface area (Å²) in [5.74, 6) is 1.53. The fraction of sp³-hybridized carbons (Fsp3) is 0.0714. The molecule has 0 saturated carbocycles. The molecule has 5 nitrogen and oxygen atoms in total. The van der Waals surface area contributed by atoms with Crippen LogP contribution >= 0.6 is 22.7 Å². The quantitative estimate of drug-likeness (QED) is 0.632. The van der Waals surface area contributed by atoms with E-state index in [-0.39, 0.29) is 5.56 Å². The van der Waals surface area contributed by atoms with E-state index in [2.05, 4.69) is 15.0 Å². The highest BCUT2D eigenvalue weighted by Crippen LogP contribution is 2.23. The summed E-state index contributed by atoms with van der Waals surface area (Å²) in [6.07, 6.45) is 3.66. The van der Waals surface area contributed by atoms with Gasteiger partial charge in [-0.2, -0.15) is 0 Å². The maximum Gasteiger partial charge on any atom is 0.268 e. The maximum atomic E-state index is 12.0. The van der Waals surface area contributed by atoms with E-state index in [1.54, 1.807) is 17.5 Å². The largest absolute Gasteiger partial charge is 0.323 e. The van der Waals surface area contributed by atoms with Crippen molar-refractivity contribution in [1.82, 2.24) is 19.5 Å². The minimum atomic E-state index is -0.0808. The number of hydrogen-bond donors (Lipinski definition) is 1. The molecule has 21 heavy (non-hydrogen) atoms. The maximum absolute atomic E-state index is 12.0. The Morgan fingerprint density at radius 1 is 1.24 bits per heavy atom. The molecule has 104 valence electrons. The Kier molecular flexibility index (Phi) is 2.94. The number of aromatic amines is 1. The molecule has 0 unspecified atom stereocenters. The van der Waals surface area contributed by atoms with E-state index in [0.29, 0.717) is 17.1 Å². The highest BCUT2D eigenvalue weighted by molar-refractivity contribution is 7.17. The monoisotopic (exact) mass is 314 g/mol. The zero-order valence-electron chi connectivity index (χ0n) is 10.8. The molecule has 0 aliphatic rings. The van der Waals surface area contributed by atoms with Crippen LogP contribution in [0.4, 0.5) is 0 Å². The number of rotatable bonds is 3. The highest BCUT2D eigenvalue weighted by Gasteiger charge is 2.10. The molecular weight excluding hydrogens is 304 g/mol. The summed E-state index contributed by atoms with van der Waals surface area (Å²) >= 11 is 3.05. The van der Waals surface area contributed by atoms with Crippen LogP contribution in [0.15, 0.2) is 46.1 Å². The van der Waals surface area contributed by atoms with E-state index >= 15 is 0 Å². The van der Waals surface area contributed by atoms with Crippen molar-refractivity contribution in [3.05, 3.63) is 57.5 Å². The molecule has 4 rings (SSSR count). The van der Waals surface area contributed by atoms with Gasteiger partial charge in [0.2, 0.25) is 0 Å². The van der Waals surface area contributed by atoms with Crippen molar-refractivity contribution in [1.29, 1.82) is 0 Å². The lowest BCUT2D eigenvalue weighted by Crippen LogP contribution is -2.13. The molecule has 0 radical (unpaired) electrons. The van der Waals surface area contributed by atoms with Gasteiger partial charge in [0, 0.05) is 12.4 Å². The molecule has 4 aromatic rings. The minimum absolute atomic E-state index is 0.0808. The van der Waals surface area contributed by atoms with Crippen LogP contribution < -0.4 is 5.56 Å². The standard InChI is InChI=1S/C14H10N4OS2/c19-14-12-9(3-7-21-12)16-11(17-14)8-18-5-4-15-13(18)10-2-1-6-20-10/h1-7H,8H2,(H,16,17,19). The summed E-state index contributed by atoms with van der Waals surface area (Å²) in [6, 6.07) is 5.89. The number of imidazole rings is 1. The van der Waals surface area contributed by atoms with Gasteiger partial charge in [0.25, 0.3) is 5.56 Å². The minimum Gasteiger partial charge on any atom is -0.323 e. The third-order valence-electron chi connectivity index (χ3n) is 3.14. The van der Waals surface area contributed by atoms with E-state index in [4.69, 9.17) is 0 Å².